The zero-order valence-electron chi connectivity index (χ0n) is 15.2. The van der Waals surface area contributed by atoms with Gasteiger partial charge in [-0.15, -0.1) is 0 Å². The molecule has 1 saturated heterocycles. The fraction of sp³-hybridized carbons (Fsp3) is 0.556. The summed E-state index contributed by atoms with van der Waals surface area (Å²) >= 11 is 0. The van der Waals surface area contributed by atoms with Gasteiger partial charge in [-0.25, -0.2) is 4.79 Å². The van der Waals surface area contributed by atoms with Gasteiger partial charge in [-0.1, -0.05) is 0 Å². The fourth-order valence-electron chi connectivity index (χ4n) is 2.91. The molecule has 1 fully saturated rings. The first kappa shape index (κ1) is 18.9. The molecule has 7 nitrogen and oxygen atoms in total. The molecule has 0 spiro atoms. The number of benzene rings is 1. The lowest BCUT2D eigenvalue weighted by Crippen LogP contribution is -2.35. The maximum absolute atomic E-state index is 12.3. The average molecular weight is 351 g/mol. The van der Waals surface area contributed by atoms with Crippen LogP contribution < -0.4 is 9.47 Å². The van der Waals surface area contributed by atoms with Crippen LogP contribution >= 0.6 is 0 Å². The first-order valence-corrected chi connectivity index (χ1v) is 8.08. The van der Waals surface area contributed by atoms with Crippen molar-refractivity contribution in [3.05, 3.63) is 23.8 Å². The molecule has 7 heteroatoms. The molecule has 1 N–H and O–H groups in total. The van der Waals surface area contributed by atoms with Crippen molar-refractivity contribution in [1.29, 1.82) is 0 Å². The third-order valence-electron chi connectivity index (χ3n) is 4.09. The van der Waals surface area contributed by atoms with E-state index in [1.165, 1.54) is 19.1 Å². The number of amides is 1. The van der Waals surface area contributed by atoms with E-state index in [0.29, 0.717) is 11.5 Å². The highest BCUT2D eigenvalue weighted by Crippen LogP contribution is 2.37. The van der Waals surface area contributed by atoms with E-state index in [4.69, 9.17) is 14.2 Å². The zero-order valence-corrected chi connectivity index (χ0v) is 15.2. The first-order valence-electron chi connectivity index (χ1n) is 8.08. The lowest BCUT2D eigenvalue weighted by Gasteiger charge is -2.24. The van der Waals surface area contributed by atoms with Crippen molar-refractivity contribution >= 4 is 12.1 Å². The van der Waals surface area contributed by atoms with E-state index in [1.807, 2.05) is 0 Å². The maximum Gasteiger partial charge on any atom is 0.410 e. The third-order valence-corrected chi connectivity index (χ3v) is 4.09. The lowest BCUT2D eigenvalue weighted by atomic mass is 9.89. The van der Waals surface area contributed by atoms with Gasteiger partial charge in [0.25, 0.3) is 0 Å². The minimum absolute atomic E-state index is 0.106. The number of rotatable bonds is 4. The van der Waals surface area contributed by atoms with Crippen LogP contribution in [0.3, 0.4) is 0 Å². The van der Waals surface area contributed by atoms with Crippen molar-refractivity contribution in [1.82, 2.24) is 4.90 Å². The zero-order chi connectivity index (χ0) is 18.8. The van der Waals surface area contributed by atoms with Crippen molar-refractivity contribution in [3.63, 3.8) is 0 Å². The molecule has 1 aromatic carbocycles. The molecule has 1 heterocycles. The summed E-state index contributed by atoms with van der Waals surface area (Å²) in [5, 5.41) is 9.59. The summed E-state index contributed by atoms with van der Waals surface area (Å²) in [5.74, 6) is -0.875. The molecule has 2 atom stereocenters. The molecule has 25 heavy (non-hydrogen) atoms. The van der Waals surface area contributed by atoms with Crippen LogP contribution in [-0.2, 0) is 9.53 Å². The Kier molecular flexibility index (Phi) is 5.45. The van der Waals surface area contributed by atoms with Gasteiger partial charge in [0.15, 0.2) is 0 Å². The monoisotopic (exact) mass is 351 g/mol. The number of methoxy groups -OCH3 is 2. The highest BCUT2D eigenvalue weighted by molar-refractivity contribution is 5.76. The van der Waals surface area contributed by atoms with E-state index in [9.17, 15) is 14.7 Å². The number of aliphatic carboxylic acids is 1. The number of carboxylic acid groups (broad SMARTS) is 1. The second-order valence-electron chi connectivity index (χ2n) is 7.08. The number of carbonyl (C=O) groups excluding carboxylic acids is 1. The topological polar surface area (TPSA) is 85.3 Å². The van der Waals surface area contributed by atoms with Crippen LogP contribution in [-0.4, -0.2) is 55.0 Å². The largest absolute Gasteiger partial charge is 0.497 e. The predicted octanol–water partition coefficient (Wildman–Crippen LogP) is 2.74. The summed E-state index contributed by atoms with van der Waals surface area (Å²) in [7, 11) is 3.07. The van der Waals surface area contributed by atoms with Gasteiger partial charge in [0.05, 0.1) is 20.1 Å². The summed E-state index contributed by atoms with van der Waals surface area (Å²) < 4.78 is 15.9. The van der Waals surface area contributed by atoms with Gasteiger partial charge in [-0.3, -0.25) is 4.79 Å². The molecule has 0 radical (unpaired) electrons. The lowest BCUT2D eigenvalue weighted by molar-refractivity contribution is -0.141. The molecule has 1 amide bonds. The molecule has 0 aromatic heterocycles. The van der Waals surface area contributed by atoms with E-state index in [1.54, 1.807) is 39.0 Å². The van der Waals surface area contributed by atoms with Gasteiger partial charge < -0.3 is 24.2 Å². The number of carboxylic acids is 1. The molecule has 1 aliphatic rings. The number of likely N-dealkylation sites (tertiary alicyclic amines) is 1. The Bertz CT molecular complexity index is 629. The first-order chi connectivity index (χ1) is 11.6. The Balaban J connectivity index is 2.30. The van der Waals surface area contributed by atoms with Gasteiger partial charge in [-0.05, 0) is 38.5 Å². The van der Waals surface area contributed by atoms with Gasteiger partial charge in [0, 0.05) is 25.1 Å². The van der Waals surface area contributed by atoms with Crippen molar-refractivity contribution < 1.29 is 28.9 Å². The number of ether oxygens (including phenoxy) is 3. The molecule has 0 aliphatic carbocycles. The minimum Gasteiger partial charge on any atom is -0.497 e. The van der Waals surface area contributed by atoms with Crippen LogP contribution in [0.5, 0.6) is 11.5 Å². The second-order valence-corrected chi connectivity index (χ2v) is 7.08. The van der Waals surface area contributed by atoms with Gasteiger partial charge >= 0.3 is 12.1 Å². The van der Waals surface area contributed by atoms with Crippen LogP contribution in [0.2, 0.25) is 0 Å². The van der Waals surface area contributed by atoms with Crippen molar-refractivity contribution in [2.75, 3.05) is 27.3 Å². The van der Waals surface area contributed by atoms with Crippen LogP contribution in [0.15, 0.2) is 18.2 Å². The molecular formula is C18H25NO6. The molecule has 0 bridgehead atoms. The summed E-state index contributed by atoms with van der Waals surface area (Å²) in [5.41, 5.74) is 0.127. The predicted molar refractivity (Wildman–Crippen MR) is 91.2 cm³/mol. The van der Waals surface area contributed by atoms with E-state index >= 15 is 0 Å². The number of hydrogen-bond donors (Lipinski definition) is 1. The maximum atomic E-state index is 12.3. The van der Waals surface area contributed by atoms with Crippen LogP contribution in [0.1, 0.15) is 32.3 Å². The molecule has 1 aromatic rings. The Morgan fingerprint density at radius 2 is 1.64 bits per heavy atom. The number of carbonyl (C=O) groups is 2. The Morgan fingerprint density at radius 1 is 1.08 bits per heavy atom. The summed E-state index contributed by atoms with van der Waals surface area (Å²) in [6, 6.07) is 5.28. The van der Waals surface area contributed by atoms with Crippen LogP contribution in [0, 0.1) is 5.92 Å². The molecule has 0 unspecified atom stereocenters. The van der Waals surface area contributed by atoms with E-state index in [-0.39, 0.29) is 19.0 Å². The number of hydrogen-bond acceptors (Lipinski definition) is 5. The number of nitrogens with zero attached hydrogens (tertiary/aromatic N) is 1. The molecule has 0 saturated carbocycles. The van der Waals surface area contributed by atoms with Crippen LogP contribution in [0.25, 0.3) is 0 Å². The molecule has 2 rings (SSSR count). The van der Waals surface area contributed by atoms with Crippen LogP contribution in [0.4, 0.5) is 4.79 Å². The van der Waals surface area contributed by atoms with Gasteiger partial charge in [-0.2, -0.15) is 0 Å². The molecule has 138 valence electrons. The summed E-state index contributed by atoms with van der Waals surface area (Å²) in [6.07, 6.45) is -0.504. The quantitative estimate of drug-likeness (QED) is 0.898. The van der Waals surface area contributed by atoms with E-state index in [0.717, 1.165) is 5.56 Å². The molecule has 1 aliphatic heterocycles. The van der Waals surface area contributed by atoms with E-state index < -0.39 is 23.6 Å². The van der Waals surface area contributed by atoms with Crippen molar-refractivity contribution in [3.8, 4) is 11.5 Å². The van der Waals surface area contributed by atoms with Crippen molar-refractivity contribution in [2.24, 2.45) is 5.92 Å². The van der Waals surface area contributed by atoms with E-state index in [2.05, 4.69) is 0 Å². The van der Waals surface area contributed by atoms with Gasteiger partial charge in [0.1, 0.15) is 17.1 Å². The Labute approximate surface area is 147 Å². The third kappa shape index (κ3) is 4.55. The summed E-state index contributed by atoms with van der Waals surface area (Å²) in [6.45, 7) is 5.71. The fourth-order valence-corrected chi connectivity index (χ4v) is 2.91. The SMILES string of the molecule is COc1cc(OC)cc([C@H]2CN(C(=O)OC(C)(C)C)C[C@@H]2C(=O)O)c1. The second kappa shape index (κ2) is 7.21. The molecular weight excluding hydrogens is 326 g/mol. The smallest absolute Gasteiger partial charge is 0.410 e. The minimum atomic E-state index is -0.946. The highest BCUT2D eigenvalue weighted by atomic mass is 16.6. The highest BCUT2D eigenvalue weighted by Gasteiger charge is 2.42. The normalized spacial score (nSPS) is 20.3. The van der Waals surface area contributed by atoms with Crippen molar-refractivity contribution in [2.45, 2.75) is 32.3 Å². The Hall–Kier alpha value is -2.44. The standard InChI is InChI=1S/C18H25NO6/c1-18(2,3)25-17(22)19-9-14(15(10-19)16(20)21)11-6-12(23-4)8-13(7-11)24-5/h6-8,14-15H,9-10H2,1-5H3,(H,20,21)/t14-,15+/m1/s1. The average Bonchev–Trinajstić information content (AvgIpc) is 2.98. The Morgan fingerprint density at radius 3 is 2.08 bits per heavy atom. The van der Waals surface area contributed by atoms with Gasteiger partial charge in [0.2, 0.25) is 0 Å². The summed E-state index contributed by atoms with van der Waals surface area (Å²) in [4.78, 5) is 25.5.